The molecule has 0 saturated heterocycles. The van der Waals surface area contributed by atoms with Crippen LogP contribution in [0.4, 0.5) is 0 Å². The molecule has 0 aromatic heterocycles. The van der Waals surface area contributed by atoms with Gasteiger partial charge in [0.2, 0.25) is 0 Å². The van der Waals surface area contributed by atoms with Crippen LogP contribution in [0.15, 0.2) is 0 Å². The molecule has 0 unspecified atom stereocenters. The molecule has 0 spiro atoms. The largest absolute Gasteiger partial charge is 0.463 e. The predicted molar refractivity (Wildman–Crippen MR) is 61.4 cm³/mol. The van der Waals surface area contributed by atoms with Crippen molar-refractivity contribution in [2.75, 3.05) is 6.61 Å². The Morgan fingerprint density at radius 3 is 2.18 bits per heavy atom. The van der Waals surface area contributed by atoms with E-state index in [2.05, 4.69) is 11.7 Å². The third-order valence-corrected chi connectivity index (χ3v) is 2.42. The van der Waals surface area contributed by atoms with Gasteiger partial charge >= 0.3 is 5.97 Å². The molecule has 0 rings (SSSR count). The molecule has 0 heterocycles. The second-order valence-electron chi connectivity index (χ2n) is 3.96. The Morgan fingerprint density at radius 2 is 1.65 bits per heavy atom. The molecule has 98 valence electrons. The highest BCUT2D eigenvalue weighted by atomic mass is 16.6. The summed E-state index contributed by atoms with van der Waals surface area (Å²) in [5.41, 5.74) is -2.64. The maximum absolute atomic E-state index is 11.1. The summed E-state index contributed by atoms with van der Waals surface area (Å²) in [6.07, 6.45) is 5.93. The Bertz CT molecular complexity index is 241. The van der Waals surface area contributed by atoms with Crippen LogP contribution in [-0.4, -0.2) is 35.9 Å². The van der Waals surface area contributed by atoms with Gasteiger partial charge in [0, 0.05) is 0 Å². The fourth-order valence-corrected chi connectivity index (χ4v) is 1.29. The lowest BCUT2D eigenvalue weighted by atomic mass is 10.1. The minimum Gasteiger partial charge on any atom is -0.463 e. The lowest BCUT2D eigenvalue weighted by Gasteiger charge is -2.12. The standard InChI is InChI=1S/C12H20O5/c1-2-3-4-5-6-7-8-17-11(15)12(16,9-13)10-14/h9-10,16H,2-8H2,1H3. The zero-order valence-corrected chi connectivity index (χ0v) is 10.2. The molecule has 0 bridgehead atoms. The van der Waals surface area contributed by atoms with E-state index in [9.17, 15) is 14.4 Å². The van der Waals surface area contributed by atoms with Crippen LogP contribution in [0, 0.1) is 0 Å². The zero-order chi connectivity index (χ0) is 13.1. The fraction of sp³-hybridized carbons (Fsp3) is 0.750. The Hall–Kier alpha value is -1.23. The molecular weight excluding hydrogens is 224 g/mol. The molecule has 0 fully saturated rings. The Kier molecular flexibility index (Phi) is 8.23. The van der Waals surface area contributed by atoms with E-state index in [1.165, 1.54) is 12.8 Å². The van der Waals surface area contributed by atoms with E-state index in [0.29, 0.717) is 6.42 Å². The van der Waals surface area contributed by atoms with Crippen molar-refractivity contribution in [2.24, 2.45) is 0 Å². The summed E-state index contributed by atoms with van der Waals surface area (Å²) < 4.78 is 4.64. The van der Waals surface area contributed by atoms with Gasteiger partial charge in [-0.05, 0) is 6.42 Å². The number of esters is 1. The molecule has 0 aliphatic rings. The van der Waals surface area contributed by atoms with E-state index in [4.69, 9.17) is 5.11 Å². The molecule has 0 atom stereocenters. The van der Waals surface area contributed by atoms with Crippen LogP contribution in [0.25, 0.3) is 0 Å². The number of carbonyl (C=O) groups is 3. The van der Waals surface area contributed by atoms with Crippen LogP contribution in [0.5, 0.6) is 0 Å². The van der Waals surface area contributed by atoms with E-state index in [1.54, 1.807) is 0 Å². The Morgan fingerprint density at radius 1 is 1.12 bits per heavy atom. The monoisotopic (exact) mass is 244 g/mol. The summed E-state index contributed by atoms with van der Waals surface area (Å²) in [5, 5.41) is 9.16. The first-order valence-corrected chi connectivity index (χ1v) is 5.93. The van der Waals surface area contributed by atoms with E-state index >= 15 is 0 Å². The molecule has 17 heavy (non-hydrogen) atoms. The molecule has 5 heteroatoms. The lowest BCUT2D eigenvalue weighted by Crippen LogP contribution is -2.43. The van der Waals surface area contributed by atoms with Gasteiger partial charge in [0.1, 0.15) is 0 Å². The zero-order valence-electron chi connectivity index (χ0n) is 10.2. The van der Waals surface area contributed by atoms with Gasteiger partial charge in [-0.2, -0.15) is 0 Å². The van der Waals surface area contributed by atoms with Crippen molar-refractivity contribution < 1.29 is 24.2 Å². The normalized spacial score (nSPS) is 10.9. The first-order valence-electron chi connectivity index (χ1n) is 5.93. The van der Waals surface area contributed by atoms with Crippen molar-refractivity contribution in [3.63, 3.8) is 0 Å². The van der Waals surface area contributed by atoms with Crippen LogP contribution < -0.4 is 0 Å². The number of unbranched alkanes of at least 4 members (excludes halogenated alkanes) is 5. The summed E-state index contributed by atoms with van der Waals surface area (Å²) in [6.45, 7) is 2.25. The number of hydrogen-bond donors (Lipinski definition) is 1. The average molecular weight is 244 g/mol. The molecule has 1 N–H and O–H groups in total. The number of ether oxygens (including phenoxy) is 1. The van der Waals surface area contributed by atoms with Gasteiger partial charge in [0.05, 0.1) is 6.61 Å². The molecule has 0 aliphatic heterocycles. The summed E-state index contributed by atoms with van der Waals surface area (Å²) in [4.78, 5) is 31.8. The van der Waals surface area contributed by atoms with Gasteiger partial charge in [-0.15, -0.1) is 0 Å². The fourth-order valence-electron chi connectivity index (χ4n) is 1.29. The molecule has 0 aromatic carbocycles. The molecular formula is C12H20O5. The maximum atomic E-state index is 11.1. The van der Waals surface area contributed by atoms with Crippen molar-refractivity contribution in [2.45, 2.75) is 51.0 Å². The summed E-state index contributed by atoms with van der Waals surface area (Å²) in [7, 11) is 0. The lowest BCUT2D eigenvalue weighted by molar-refractivity contribution is -0.167. The minimum absolute atomic E-state index is 0.120. The number of rotatable bonds is 10. The van der Waals surface area contributed by atoms with Crippen molar-refractivity contribution in [3.8, 4) is 0 Å². The van der Waals surface area contributed by atoms with Crippen LogP contribution in [0.2, 0.25) is 0 Å². The average Bonchev–Trinajstić information content (AvgIpc) is 2.36. The second-order valence-corrected chi connectivity index (χ2v) is 3.96. The highest BCUT2D eigenvalue weighted by molar-refractivity contribution is 6.11. The van der Waals surface area contributed by atoms with E-state index in [0.717, 1.165) is 19.3 Å². The minimum atomic E-state index is -2.64. The molecule has 0 aliphatic carbocycles. The molecule has 0 amide bonds. The summed E-state index contributed by atoms with van der Waals surface area (Å²) in [6, 6.07) is 0. The highest BCUT2D eigenvalue weighted by Crippen LogP contribution is 2.06. The van der Waals surface area contributed by atoms with Gasteiger partial charge in [-0.25, -0.2) is 4.79 Å². The highest BCUT2D eigenvalue weighted by Gasteiger charge is 2.37. The molecule has 5 nitrogen and oxygen atoms in total. The van der Waals surface area contributed by atoms with Crippen molar-refractivity contribution in [1.29, 1.82) is 0 Å². The third kappa shape index (κ3) is 6.16. The van der Waals surface area contributed by atoms with Gasteiger partial charge in [0.15, 0.2) is 12.6 Å². The topological polar surface area (TPSA) is 80.7 Å². The van der Waals surface area contributed by atoms with Gasteiger partial charge in [-0.1, -0.05) is 39.0 Å². The molecule has 0 saturated carbocycles. The predicted octanol–water partition coefficient (Wildman–Crippen LogP) is 1.02. The summed E-state index contributed by atoms with van der Waals surface area (Å²) >= 11 is 0. The number of aliphatic hydroxyl groups is 1. The van der Waals surface area contributed by atoms with Gasteiger partial charge in [0.25, 0.3) is 5.60 Å². The molecule has 0 aromatic rings. The number of aldehydes is 2. The first-order chi connectivity index (χ1) is 8.10. The van der Waals surface area contributed by atoms with Crippen LogP contribution in [0.1, 0.15) is 45.4 Å². The Labute approximate surface area is 101 Å². The van der Waals surface area contributed by atoms with E-state index < -0.39 is 11.6 Å². The van der Waals surface area contributed by atoms with Crippen molar-refractivity contribution in [1.82, 2.24) is 0 Å². The van der Waals surface area contributed by atoms with Gasteiger partial charge in [-0.3, -0.25) is 9.59 Å². The summed E-state index contributed by atoms with van der Waals surface area (Å²) in [5.74, 6) is -1.20. The van der Waals surface area contributed by atoms with Gasteiger partial charge < -0.3 is 9.84 Å². The van der Waals surface area contributed by atoms with Crippen molar-refractivity contribution >= 4 is 18.5 Å². The number of carbonyl (C=O) groups excluding carboxylic acids is 3. The van der Waals surface area contributed by atoms with E-state index in [1.807, 2.05) is 0 Å². The van der Waals surface area contributed by atoms with E-state index in [-0.39, 0.29) is 19.2 Å². The van der Waals surface area contributed by atoms with Crippen LogP contribution in [-0.2, 0) is 19.1 Å². The first kappa shape index (κ1) is 15.8. The van der Waals surface area contributed by atoms with Crippen molar-refractivity contribution in [3.05, 3.63) is 0 Å². The quantitative estimate of drug-likeness (QED) is 0.268. The second kappa shape index (κ2) is 8.87. The smallest absolute Gasteiger partial charge is 0.353 e. The van der Waals surface area contributed by atoms with Crippen LogP contribution >= 0.6 is 0 Å². The maximum Gasteiger partial charge on any atom is 0.353 e. The third-order valence-electron chi connectivity index (χ3n) is 2.42. The molecule has 0 radical (unpaired) electrons. The Balaban J connectivity index is 3.64. The van der Waals surface area contributed by atoms with Crippen LogP contribution in [0.3, 0.4) is 0 Å². The number of hydrogen-bond acceptors (Lipinski definition) is 5. The SMILES string of the molecule is CCCCCCCCOC(=O)C(O)(C=O)C=O.